The lowest BCUT2D eigenvalue weighted by atomic mass is 9.91. The topological polar surface area (TPSA) is 52.6 Å². The second-order valence-electron chi connectivity index (χ2n) is 7.85. The van der Waals surface area contributed by atoms with Crippen molar-refractivity contribution in [1.82, 2.24) is 10.2 Å². The zero-order chi connectivity index (χ0) is 15.0. The predicted octanol–water partition coefficient (Wildman–Crippen LogP) is 2.48. The maximum absolute atomic E-state index is 12.1. The van der Waals surface area contributed by atoms with Crippen molar-refractivity contribution in [2.75, 3.05) is 13.1 Å². The summed E-state index contributed by atoms with van der Waals surface area (Å²) in [7, 11) is 0. The average Bonchev–Trinajstić information content (AvgIpc) is 3.27. The molecular weight excluding hydrogens is 264 g/mol. The largest absolute Gasteiger partial charge is 0.480 e. The van der Waals surface area contributed by atoms with Crippen LogP contribution in [0.15, 0.2) is 0 Å². The Hall–Kier alpha value is -0.610. The SMILES string of the molecule is CC(C)CCN(CC(NC1CC1)(C(=O)O)C1CC1)C1CC1. The molecule has 0 saturated heterocycles. The predicted molar refractivity (Wildman–Crippen MR) is 83.3 cm³/mol. The third-order valence-electron chi connectivity index (χ3n) is 5.20. The molecule has 0 amide bonds. The quantitative estimate of drug-likeness (QED) is 0.650. The van der Waals surface area contributed by atoms with Crippen LogP contribution in [-0.4, -0.2) is 46.7 Å². The molecule has 0 aliphatic heterocycles. The van der Waals surface area contributed by atoms with Gasteiger partial charge < -0.3 is 5.11 Å². The Morgan fingerprint density at radius 2 is 1.90 bits per heavy atom. The van der Waals surface area contributed by atoms with Crippen molar-refractivity contribution in [3.05, 3.63) is 0 Å². The number of rotatable bonds is 10. The van der Waals surface area contributed by atoms with E-state index in [0.29, 0.717) is 30.5 Å². The van der Waals surface area contributed by atoms with Crippen molar-refractivity contribution < 1.29 is 9.90 Å². The van der Waals surface area contributed by atoms with E-state index in [1.54, 1.807) is 0 Å². The zero-order valence-corrected chi connectivity index (χ0v) is 13.5. The van der Waals surface area contributed by atoms with Gasteiger partial charge in [-0.1, -0.05) is 13.8 Å². The fourth-order valence-electron chi connectivity index (χ4n) is 3.34. The van der Waals surface area contributed by atoms with E-state index in [-0.39, 0.29) is 0 Å². The van der Waals surface area contributed by atoms with Crippen LogP contribution < -0.4 is 5.32 Å². The van der Waals surface area contributed by atoms with Gasteiger partial charge in [0.15, 0.2) is 0 Å². The Morgan fingerprint density at radius 1 is 1.24 bits per heavy atom. The van der Waals surface area contributed by atoms with Gasteiger partial charge in [0.05, 0.1) is 0 Å². The minimum atomic E-state index is -0.680. The highest BCUT2D eigenvalue weighted by molar-refractivity contribution is 5.80. The third kappa shape index (κ3) is 3.78. The van der Waals surface area contributed by atoms with Crippen LogP contribution in [0.25, 0.3) is 0 Å². The normalized spacial score (nSPS) is 25.3. The molecular formula is C17H30N2O2. The summed E-state index contributed by atoms with van der Waals surface area (Å²) in [6.07, 6.45) is 8.13. The fraction of sp³-hybridized carbons (Fsp3) is 0.941. The molecule has 1 unspecified atom stereocenters. The molecule has 3 saturated carbocycles. The van der Waals surface area contributed by atoms with E-state index in [2.05, 4.69) is 24.1 Å². The molecule has 0 heterocycles. The van der Waals surface area contributed by atoms with E-state index in [1.807, 2.05) is 0 Å². The van der Waals surface area contributed by atoms with Gasteiger partial charge in [0.2, 0.25) is 0 Å². The first kappa shape index (κ1) is 15.3. The molecule has 4 heteroatoms. The van der Waals surface area contributed by atoms with E-state index in [9.17, 15) is 9.90 Å². The van der Waals surface area contributed by atoms with Crippen molar-refractivity contribution in [3.8, 4) is 0 Å². The van der Waals surface area contributed by atoms with Crippen LogP contribution in [0, 0.1) is 11.8 Å². The number of hydrogen-bond acceptors (Lipinski definition) is 3. The lowest BCUT2D eigenvalue weighted by molar-refractivity contribution is -0.147. The van der Waals surface area contributed by atoms with Crippen LogP contribution >= 0.6 is 0 Å². The summed E-state index contributed by atoms with van der Waals surface area (Å²) in [5.74, 6) is 0.408. The van der Waals surface area contributed by atoms with Gasteiger partial charge in [-0.15, -0.1) is 0 Å². The molecule has 0 bridgehead atoms. The van der Waals surface area contributed by atoms with Gasteiger partial charge in [-0.25, -0.2) is 0 Å². The van der Waals surface area contributed by atoms with Crippen molar-refractivity contribution in [3.63, 3.8) is 0 Å². The standard InChI is InChI=1S/C17H30N2O2/c1-12(2)9-10-19(15-7-8-15)11-17(16(20)21,13-3-4-13)18-14-5-6-14/h12-15,18H,3-11H2,1-2H3,(H,20,21). The lowest BCUT2D eigenvalue weighted by Gasteiger charge is -2.37. The van der Waals surface area contributed by atoms with Gasteiger partial charge in [-0.3, -0.25) is 15.0 Å². The molecule has 3 rings (SSSR count). The number of hydrogen-bond donors (Lipinski definition) is 2. The first-order valence-corrected chi connectivity index (χ1v) is 8.76. The summed E-state index contributed by atoms with van der Waals surface area (Å²) >= 11 is 0. The zero-order valence-electron chi connectivity index (χ0n) is 13.5. The number of carboxylic acids is 1. The summed E-state index contributed by atoms with van der Waals surface area (Å²) in [6, 6.07) is 1.09. The molecule has 0 spiro atoms. The maximum Gasteiger partial charge on any atom is 0.325 e. The lowest BCUT2D eigenvalue weighted by Crippen LogP contribution is -2.62. The average molecular weight is 294 g/mol. The van der Waals surface area contributed by atoms with Gasteiger partial charge in [-0.2, -0.15) is 0 Å². The number of carbonyl (C=O) groups is 1. The van der Waals surface area contributed by atoms with Gasteiger partial charge in [0.1, 0.15) is 5.54 Å². The second kappa shape index (κ2) is 5.88. The molecule has 120 valence electrons. The van der Waals surface area contributed by atoms with Crippen LogP contribution in [0.2, 0.25) is 0 Å². The highest BCUT2D eigenvalue weighted by Gasteiger charge is 2.54. The monoisotopic (exact) mass is 294 g/mol. The number of aliphatic carboxylic acids is 1. The molecule has 3 aliphatic rings. The molecule has 3 fully saturated rings. The van der Waals surface area contributed by atoms with Crippen LogP contribution in [0.3, 0.4) is 0 Å². The summed E-state index contributed by atoms with van der Waals surface area (Å²) in [6.45, 7) is 6.26. The minimum absolute atomic E-state index is 0.343. The molecule has 2 N–H and O–H groups in total. The van der Waals surface area contributed by atoms with E-state index >= 15 is 0 Å². The van der Waals surface area contributed by atoms with Gasteiger partial charge >= 0.3 is 5.97 Å². The van der Waals surface area contributed by atoms with Gasteiger partial charge in [0, 0.05) is 18.6 Å². The number of nitrogens with zero attached hydrogens (tertiary/aromatic N) is 1. The Balaban J connectivity index is 1.69. The molecule has 4 nitrogen and oxygen atoms in total. The summed E-state index contributed by atoms with van der Waals surface area (Å²) in [5.41, 5.74) is -0.680. The van der Waals surface area contributed by atoms with Crippen LogP contribution in [0.5, 0.6) is 0 Å². The Morgan fingerprint density at radius 3 is 2.33 bits per heavy atom. The maximum atomic E-state index is 12.1. The Kier molecular flexibility index (Phi) is 4.28. The fourth-order valence-corrected chi connectivity index (χ4v) is 3.34. The van der Waals surface area contributed by atoms with Gasteiger partial charge in [-0.05, 0) is 63.3 Å². The van der Waals surface area contributed by atoms with E-state index in [4.69, 9.17) is 0 Å². The minimum Gasteiger partial charge on any atom is -0.480 e. The first-order chi connectivity index (χ1) is 10.0. The van der Waals surface area contributed by atoms with Crippen molar-refractivity contribution in [1.29, 1.82) is 0 Å². The summed E-state index contributed by atoms with van der Waals surface area (Å²) < 4.78 is 0. The van der Waals surface area contributed by atoms with Crippen LogP contribution in [0.1, 0.15) is 58.8 Å². The Bertz CT molecular complexity index is 386. The first-order valence-electron chi connectivity index (χ1n) is 8.76. The number of nitrogens with one attached hydrogen (secondary N) is 1. The van der Waals surface area contributed by atoms with Crippen molar-refractivity contribution >= 4 is 5.97 Å². The Labute approximate surface area is 128 Å². The number of carboxylic acid groups (broad SMARTS) is 1. The molecule has 0 aromatic heterocycles. The second-order valence-corrected chi connectivity index (χ2v) is 7.85. The van der Waals surface area contributed by atoms with E-state index in [0.717, 1.165) is 32.2 Å². The van der Waals surface area contributed by atoms with Gasteiger partial charge in [0.25, 0.3) is 0 Å². The summed E-state index contributed by atoms with van der Waals surface area (Å²) in [4.78, 5) is 14.6. The molecule has 3 aliphatic carbocycles. The van der Waals surface area contributed by atoms with Crippen LogP contribution in [-0.2, 0) is 4.79 Å². The van der Waals surface area contributed by atoms with Crippen LogP contribution in [0.4, 0.5) is 0 Å². The van der Waals surface area contributed by atoms with Crippen molar-refractivity contribution in [2.24, 2.45) is 11.8 Å². The molecule has 21 heavy (non-hydrogen) atoms. The van der Waals surface area contributed by atoms with Crippen molar-refractivity contribution in [2.45, 2.75) is 76.4 Å². The smallest absolute Gasteiger partial charge is 0.325 e. The van der Waals surface area contributed by atoms with E-state index < -0.39 is 11.5 Å². The molecule has 1 atom stereocenters. The molecule has 0 radical (unpaired) electrons. The van der Waals surface area contributed by atoms with E-state index in [1.165, 1.54) is 19.3 Å². The highest BCUT2D eigenvalue weighted by Crippen LogP contribution is 2.43. The third-order valence-corrected chi connectivity index (χ3v) is 5.20. The molecule has 0 aromatic carbocycles. The summed E-state index contributed by atoms with van der Waals surface area (Å²) in [5, 5.41) is 13.5. The molecule has 0 aromatic rings. The highest BCUT2D eigenvalue weighted by atomic mass is 16.4.